The molecule has 1 aromatic carbocycles. The summed E-state index contributed by atoms with van der Waals surface area (Å²) in [6.07, 6.45) is 4.32. The zero-order chi connectivity index (χ0) is 30.7. The van der Waals surface area contributed by atoms with Crippen LogP contribution in [0.5, 0.6) is 5.75 Å². The van der Waals surface area contributed by atoms with Crippen molar-refractivity contribution in [3.05, 3.63) is 48.3 Å². The number of hydrogen-bond acceptors (Lipinski definition) is 9. The Labute approximate surface area is 250 Å². The largest absolute Gasteiger partial charge is 0.486 e. The fourth-order valence-electron chi connectivity index (χ4n) is 5.30. The first kappa shape index (κ1) is 30.2. The van der Waals surface area contributed by atoms with Gasteiger partial charge in [0.05, 0.1) is 30.3 Å². The molecule has 5 rings (SSSR count). The van der Waals surface area contributed by atoms with Crippen molar-refractivity contribution in [3.63, 3.8) is 0 Å². The molecule has 2 aliphatic rings. The Balaban J connectivity index is 1.21. The summed E-state index contributed by atoms with van der Waals surface area (Å²) < 4.78 is 40.8. The number of nitrogens with one attached hydrogen (secondary N) is 2. The van der Waals surface area contributed by atoms with Crippen LogP contribution in [-0.2, 0) is 4.74 Å². The van der Waals surface area contributed by atoms with Gasteiger partial charge in [0.2, 0.25) is 5.95 Å². The minimum absolute atomic E-state index is 0.0193. The third kappa shape index (κ3) is 7.41. The van der Waals surface area contributed by atoms with Crippen molar-refractivity contribution >= 4 is 29.2 Å². The normalized spacial score (nSPS) is 15.6. The average Bonchev–Trinajstić information content (AvgIpc) is 2.96. The molecular formula is C31H39F2N7O3. The van der Waals surface area contributed by atoms with E-state index in [0.29, 0.717) is 42.7 Å². The maximum atomic E-state index is 15.0. The molecule has 230 valence electrons. The molecule has 0 atom stereocenters. The number of nitrogens with zero attached hydrogens (tertiary/aromatic N) is 5. The lowest BCUT2D eigenvalue weighted by Crippen LogP contribution is -2.40. The van der Waals surface area contributed by atoms with E-state index in [4.69, 9.17) is 9.47 Å². The monoisotopic (exact) mass is 595 g/mol. The fraction of sp³-hybridized carbons (Fsp3) is 0.484. The molecule has 0 bridgehead atoms. The number of piperidine rings is 1. The standard InChI is InChI=1S/C31H39F2N7O3/c1-19(2)40-12-13-42-28-23(32)14-21(15-25(28)40)27-24(33)18-35-29(38-27)37-26-7-6-22(17-34-26)39-10-8-20(9-11-39)16-36-30(41)43-31(3,4)5/h6-7,14-15,17-20H,8-13,16H2,1-5H3,(H,36,41)(H,34,35,37,38). The van der Waals surface area contributed by atoms with Gasteiger partial charge in [-0.2, -0.15) is 0 Å². The highest BCUT2D eigenvalue weighted by molar-refractivity contribution is 5.73. The molecule has 1 saturated heterocycles. The van der Waals surface area contributed by atoms with Crippen LogP contribution >= 0.6 is 0 Å². The highest BCUT2D eigenvalue weighted by Crippen LogP contribution is 2.39. The van der Waals surface area contributed by atoms with Crippen molar-refractivity contribution in [2.45, 2.75) is 59.1 Å². The highest BCUT2D eigenvalue weighted by atomic mass is 19.1. The molecular weight excluding hydrogens is 556 g/mol. The van der Waals surface area contributed by atoms with E-state index in [1.807, 2.05) is 51.7 Å². The lowest BCUT2D eigenvalue weighted by atomic mass is 9.96. The maximum Gasteiger partial charge on any atom is 0.407 e. The maximum absolute atomic E-state index is 15.0. The molecule has 2 aromatic heterocycles. The lowest BCUT2D eigenvalue weighted by Gasteiger charge is -2.34. The van der Waals surface area contributed by atoms with Crippen molar-refractivity contribution in [1.29, 1.82) is 0 Å². The minimum atomic E-state index is -0.661. The number of halogens is 2. The van der Waals surface area contributed by atoms with Crippen LogP contribution < -0.4 is 25.2 Å². The molecule has 2 N–H and O–H groups in total. The predicted octanol–water partition coefficient (Wildman–Crippen LogP) is 5.91. The van der Waals surface area contributed by atoms with Gasteiger partial charge in [0.1, 0.15) is 23.7 Å². The predicted molar refractivity (Wildman–Crippen MR) is 162 cm³/mol. The Bertz CT molecular complexity index is 1440. The van der Waals surface area contributed by atoms with E-state index in [9.17, 15) is 9.18 Å². The summed E-state index contributed by atoms with van der Waals surface area (Å²) in [4.78, 5) is 29.2. The second-order valence-corrected chi connectivity index (χ2v) is 12.2. The number of pyridine rings is 1. The van der Waals surface area contributed by atoms with E-state index in [2.05, 4.69) is 30.5 Å². The number of amides is 1. The van der Waals surface area contributed by atoms with Gasteiger partial charge in [-0.15, -0.1) is 0 Å². The molecule has 0 spiro atoms. The summed E-state index contributed by atoms with van der Waals surface area (Å²) in [5.41, 5.74) is 1.31. The number of alkyl carbamates (subject to hydrolysis) is 1. The summed E-state index contributed by atoms with van der Waals surface area (Å²) in [6.45, 7) is 12.8. The quantitative estimate of drug-likeness (QED) is 0.345. The second-order valence-electron chi connectivity index (χ2n) is 12.2. The van der Waals surface area contributed by atoms with Crippen molar-refractivity contribution in [2.75, 3.05) is 47.9 Å². The van der Waals surface area contributed by atoms with E-state index in [-0.39, 0.29) is 29.5 Å². The Morgan fingerprint density at radius 3 is 2.53 bits per heavy atom. The first-order valence-corrected chi connectivity index (χ1v) is 14.7. The molecule has 3 aromatic rings. The molecule has 2 aliphatic heterocycles. The summed E-state index contributed by atoms with van der Waals surface area (Å²) in [7, 11) is 0. The van der Waals surface area contributed by atoms with E-state index in [0.717, 1.165) is 37.8 Å². The average molecular weight is 596 g/mol. The van der Waals surface area contributed by atoms with Crippen LogP contribution in [0.3, 0.4) is 0 Å². The molecule has 0 aliphatic carbocycles. The van der Waals surface area contributed by atoms with Gasteiger partial charge < -0.3 is 29.9 Å². The third-order valence-corrected chi connectivity index (χ3v) is 7.45. The van der Waals surface area contributed by atoms with E-state index in [1.54, 1.807) is 12.3 Å². The van der Waals surface area contributed by atoms with Crippen LogP contribution in [0, 0.1) is 17.6 Å². The number of carbonyl (C=O) groups is 1. The summed E-state index contributed by atoms with van der Waals surface area (Å²) in [5.74, 6) is -0.0370. The van der Waals surface area contributed by atoms with Crippen molar-refractivity contribution in [3.8, 4) is 17.0 Å². The molecule has 10 nitrogen and oxygen atoms in total. The summed E-state index contributed by atoms with van der Waals surface area (Å²) in [5, 5.41) is 5.90. The number of rotatable bonds is 7. The van der Waals surface area contributed by atoms with Gasteiger partial charge in [-0.05, 0) is 77.6 Å². The van der Waals surface area contributed by atoms with Crippen LogP contribution in [0.15, 0.2) is 36.7 Å². The number of aromatic nitrogens is 3. The second kappa shape index (κ2) is 12.6. The van der Waals surface area contributed by atoms with Gasteiger partial charge in [-0.3, -0.25) is 0 Å². The Kier molecular flexibility index (Phi) is 8.84. The molecule has 0 radical (unpaired) electrons. The van der Waals surface area contributed by atoms with Crippen molar-refractivity contribution in [1.82, 2.24) is 20.3 Å². The molecule has 0 saturated carbocycles. The van der Waals surface area contributed by atoms with Gasteiger partial charge in [0, 0.05) is 31.2 Å². The first-order valence-electron chi connectivity index (χ1n) is 14.7. The van der Waals surface area contributed by atoms with Crippen LogP contribution in [-0.4, -0.2) is 65.5 Å². The Hall–Kier alpha value is -4.22. The van der Waals surface area contributed by atoms with E-state index >= 15 is 4.39 Å². The molecule has 0 unspecified atom stereocenters. The SMILES string of the molecule is CC(C)N1CCOc2c(F)cc(-c3nc(Nc4ccc(N5CCC(CNC(=O)OC(C)(C)C)CC5)cn4)ncc3F)cc21. The zero-order valence-corrected chi connectivity index (χ0v) is 25.3. The van der Waals surface area contributed by atoms with Crippen molar-refractivity contribution in [2.24, 2.45) is 5.92 Å². The summed E-state index contributed by atoms with van der Waals surface area (Å²) >= 11 is 0. The number of carbonyl (C=O) groups excluding carboxylic acids is 1. The lowest BCUT2D eigenvalue weighted by molar-refractivity contribution is 0.0516. The Morgan fingerprint density at radius 2 is 1.86 bits per heavy atom. The highest BCUT2D eigenvalue weighted by Gasteiger charge is 2.26. The Morgan fingerprint density at radius 1 is 1.09 bits per heavy atom. The summed E-state index contributed by atoms with van der Waals surface area (Å²) in [6, 6.07) is 6.83. The number of ether oxygens (including phenoxy) is 2. The smallest absolute Gasteiger partial charge is 0.407 e. The number of hydrogen-bond donors (Lipinski definition) is 2. The fourth-order valence-corrected chi connectivity index (χ4v) is 5.30. The van der Waals surface area contributed by atoms with Gasteiger partial charge in [-0.1, -0.05) is 0 Å². The topological polar surface area (TPSA) is 105 Å². The molecule has 1 amide bonds. The first-order chi connectivity index (χ1) is 20.5. The molecule has 1 fully saturated rings. The number of benzene rings is 1. The van der Waals surface area contributed by atoms with Crippen LogP contribution in [0.25, 0.3) is 11.3 Å². The molecule has 43 heavy (non-hydrogen) atoms. The van der Waals surface area contributed by atoms with E-state index < -0.39 is 17.2 Å². The van der Waals surface area contributed by atoms with Crippen LogP contribution in [0.1, 0.15) is 47.5 Å². The van der Waals surface area contributed by atoms with Gasteiger partial charge >= 0.3 is 6.09 Å². The van der Waals surface area contributed by atoms with Gasteiger partial charge in [0.15, 0.2) is 17.4 Å². The van der Waals surface area contributed by atoms with Gasteiger partial charge in [0.25, 0.3) is 0 Å². The zero-order valence-electron chi connectivity index (χ0n) is 25.3. The number of fused-ring (bicyclic) bond motifs is 1. The van der Waals surface area contributed by atoms with Crippen LogP contribution in [0.2, 0.25) is 0 Å². The number of anilines is 4. The third-order valence-electron chi connectivity index (χ3n) is 7.45. The minimum Gasteiger partial charge on any atom is -0.486 e. The van der Waals surface area contributed by atoms with E-state index in [1.165, 1.54) is 6.07 Å². The van der Waals surface area contributed by atoms with Crippen molar-refractivity contribution < 1.29 is 23.0 Å². The molecule has 4 heterocycles. The molecule has 12 heteroatoms. The van der Waals surface area contributed by atoms with Crippen LogP contribution in [0.4, 0.5) is 36.7 Å². The van der Waals surface area contributed by atoms with Gasteiger partial charge in [-0.25, -0.2) is 28.5 Å².